The van der Waals surface area contributed by atoms with E-state index in [-0.39, 0.29) is 0 Å². The van der Waals surface area contributed by atoms with Crippen molar-refractivity contribution in [2.24, 2.45) is 0 Å². The van der Waals surface area contributed by atoms with Crippen molar-refractivity contribution >= 4 is 10.0 Å². The van der Waals surface area contributed by atoms with Gasteiger partial charge < -0.3 is 0 Å². The van der Waals surface area contributed by atoms with Gasteiger partial charge in [-0.25, -0.2) is 13.1 Å². The van der Waals surface area contributed by atoms with Gasteiger partial charge in [0, 0.05) is 6.54 Å². The molecule has 0 fully saturated rings. The van der Waals surface area contributed by atoms with E-state index < -0.39 is 10.0 Å². The Bertz CT molecular complexity index is 412. The maximum absolute atomic E-state index is 11.7. The van der Waals surface area contributed by atoms with Gasteiger partial charge in [-0.3, -0.25) is 0 Å². The molecule has 0 aromatic heterocycles. The van der Waals surface area contributed by atoms with E-state index >= 15 is 0 Å². The smallest absolute Gasteiger partial charge is 0.211 e. The largest absolute Gasteiger partial charge is 0.240 e. The van der Waals surface area contributed by atoms with Crippen LogP contribution in [0.3, 0.4) is 0 Å². The summed E-state index contributed by atoms with van der Waals surface area (Å²) in [7, 11) is -3.30. The highest BCUT2D eigenvalue weighted by atomic mass is 32.2. The molecule has 0 atom stereocenters. The van der Waals surface area contributed by atoms with E-state index in [0.717, 1.165) is 18.4 Å². The molecular formula is C11H17NO2S. The van der Waals surface area contributed by atoms with Crippen LogP contribution in [0.4, 0.5) is 0 Å². The summed E-state index contributed by atoms with van der Waals surface area (Å²) < 4.78 is 25.8. The van der Waals surface area contributed by atoms with Crippen LogP contribution in [-0.4, -0.2) is 15.0 Å². The Morgan fingerprint density at radius 2 is 2.00 bits per heavy atom. The molecule has 1 rings (SSSR count). The SMILES string of the molecule is CCCc1cccc(S(=O)(=O)NCC)c1. The Kier molecular flexibility index (Phi) is 4.29. The molecule has 0 aliphatic carbocycles. The number of aryl methyl sites for hydroxylation is 1. The number of sulfonamides is 1. The Balaban J connectivity index is 2.99. The van der Waals surface area contributed by atoms with Gasteiger partial charge in [0.2, 0.25) is 10.0 Å². The van der Waals surface area contributed by atoms with Crippen molar-refractivity contribution in [3.05, 3.63) is 29.8 Å². The molecule has 1 N–H and O–H groups in total. The first-order valence-electron chi connectivity index (χ1n) is 5.18. The number of hydrogen-bond donors (Lipinski definition) is 1. The molecular weight excluding hydrogens is 210 g/mol. The van der Waals surface area contributed by atoms with Crippen molar-refractivity contribution in [2.75, 3.05) is 6.54 Å². The van der Waals surface area contributed by atoms with E-state index in [4.69, 9.17) is 0 Å². The molecule has 0 aliphatic heterocycles. The summed E-state index contributed by atoms with van der Waals surface area (Å²) in [5.41, 5.74) is 1.07. The third-order valence-corrected chi connectivity index (χ3v) is 3.63. The summed E-state index contributed by atoms with van der Waals surface area (Å²) in [5, 5.41) is 0. The van der Waals surface area contributed by atoms with Gasteiger partial charge in [-0.2, -0.15) is 0 Å². The van der Waals surface area contributed by atoms with Crippen LogP contribution >= 0.6 is 0 Å². The van der Waals surface area contributed by atoms with Gasteiger partial charge in [0.25, 0.3) is 0 Å². The zero-order chi connectivity index (χ0) is 11.3. The molecule has 4 heteroatoms. The van der Waals surface area contributed by atoms with Gasteiger partial charge in [-0.1, -0.05) is 32.4 Å². The lowest BCUT2D eigenvalue weighted by atomic mass is 10.1. The van der Waals surface area contributed by atoms with E-state index in [1.165, 1.54) is 0 Å². The molecule has 0 saturated heterocycles. The highest BCUT2D eigenvalue weighted by Crippen LogP contribution is 2.12. The first kappa shape index (κ1) is 12.2. The zero-order valence-electron chi connectivity index (χ0n) is 9.16. The standard InChI is InChI=1S/C11H17NO2S/c1-3-6-10-7-5-8-11(9-10)15(13,14)12-4-2/h5,7-9,12H,3-4,6H2,1-2H3. The van der Waals surface area contributed by atoms with E-state index in [1.54, 1.807) is 25.1 Å². The third kappa shape index (κ3) is 3.32. The van der Waals surface area contributed by atoms with E-state index in [0.29, 0.717) is 11.4 Å². The number of benzene rings is 1. The summed E-state index contributed by atoms with van der Waals surface area (Å²) in [6.45, 7) is 4.26. The van der Waals surface area contributed by atoms with Crippen molar-refractivity contribution in [1.82, 2.24) is 4.72 Å². The molecule has 1 aromatic carbocycles. The van der Waals surface area contributed by atoms with Crippen molar-refractivity contribution in [2.45, 2.75) is 31.6 Å². The van der Waals surface area contributed by atoms with Gasteiger partial charge >= 0.3 is 0 Å². The Hall–Kier alpha value is -0.870. The van der Waals surface area contributed by atoms with Crippen LogP contribution in [0.25, 0.3) is 0 Å². The second-order valence-electron chi connectivity index (χ2n) is 3.40. The topological polar surface area (TPSA) is 46.2 Å². The Morgan fingerprint density at radius 3 is 2.60 bits per heavy atom. The van der Waals surface area contributed by atoms with Gasteiger partial charge in [-0.15, -0.1) is 0 Å². The fourth-order valence-electron chi connectivity index (χ4n) is 1.43. The lowest BCUT2D eigenvalue weighted by molar-refractivity contribution is 0.583. The maximum atomic E-state index is 11.7. The summed E-state index contributed by atoms with van der Waals surface area (Å²) in [6.07, 6.45) is 1.93. The molecule has 0 aliphatic rings. The number of hydrogen-bond acceptors (Lipinski definition) is 2. The van der Waals surface area contributed by atoms with Crippen molar-refractivity contribution < 1.29 is 8.42 Å². The first-order chi connectivity index (χ1) is 7.10. The molecule has 0 spiro atoms. The van der Waals surface area contributed by atoms with Crippen LogP contribution in [-0.2, 0) is 16.4 Å². The average molecular weight is 227 g/mol. The van der Waals surface area contributed by atoms with E-state index in [1.807, 2.05) is 6.07 Å². The van der Waals surface area contributed by atoms with E-state index in [9.17, 15) is 8.42 Å². The molecule has 84 valence electrons. The first-order valence-corrected chi connectivity index (χ1v) is 6.67. The van der Waals surface area contributed by atoms with Gasteiger partial charge in [0.05, 0.1) is 4.90 Å². The Labute approximate surface area is 91.6 Å². The molecule has 0 unspecified atom stereocenters. The average Bonchev–Trinajstić information content (AvgIpc) is 2.19. The minimum absolute atomic E-state index is 0.357. The molecule has 0 bridgehead atoms. The number of nitrogens with one attached hydrogen (secondary N) is 1. The minimum Gasteiger partial charge on any atom is -0.211 e. The third-order valence-electron chi connectivity index (χ3n) is 2.08. The molecule has 0 saturated carbocycles. The normalized spacial score (nSPS) is 11.6. The van der Waals surface area contributed by atoms with Gasteiger partial charge in [0.15, 0.2) is 0 Å². The predicted octanol–water partition coefficient (Wildman–Crippen LogP) is 1.94. The fourth-order valence-corrected chi connectivity index (χ4v) is 2.54. The van der Waals surface area contributed by atoms with Crippen LogP contribution < -0.4 is 4.72 Å². The molecule has 0 heterocycles. The lowest BCUT2D eigenvalue weighted by Gasteiger charge is -2.06. The molecule has 0 amide bonds. The summed E-state index contributed by atoms with van der Waals surface area (Å²) in [4.78, 5) is 0.357. The van der Waals surface area contributed by atoms with Crippen molar-refractivity contribution in [3.63, 3.8) is 0 Å². The highest BCUT2D eigenvalue weighted by molar-refractivity contribution is 7.89. The molecule has 0 radical (unpaired) electrons. The van der Waals surface area contributed by atoms with Crippen LogP contribution in [0, 0.1) is 0 Å². The maximum Gasteiger partial charge on any atom is 0.240 e. The second kappa shape index (κ2) is 5.28. The number of rotatable bonds is 5. The summed E-state index contributed by atoms with van der Waals surface area (Å²) in [6, 6.07) is 7.10. The van der Waals surface area contributed by atoms with Crippen molar-refractivity contribution in [1.29, 1.82) is 0 Å². The fraction of sp³-hybridized carbons (Fsp3) is 0.455. The van der Waals surface area contributed by atoms with Crippen LogP contribution in [0.1, 0.15) is 25.8 Å². The van der Waals surface area contributed by atoms with Crippen LogP contribution in [0.2, 0.25) is 0 Å². The van der Waals surface area contributed by atoms with Crippen LogP contribution in [0.5, 0.6) is 0 Å². The van der Waals surface area contributed by atoms with Crippen molar-refractivity contribution in [3.8, 4) is 0 Å². The quantitative estimate of drug-likeness (QED) is 0.835. The van der Waals surface area contributed by atoms with Gasteiger partial charge in [0.1, 0.15) is 0 Å². The molecule has 1 aromatic rings. The lowest BCUT2D eigenvalue weighted by Crippen LogP contribution is -2.23. The predicted molar refractivity (Wildman–Crippen MR) is 61.3 cm³/mol. The monoisotopic (exact) mass is 227 g/mol. The summed E-state index contributed by atoms with van der Waals surface area (Å²) >= 11 is 0. The molecule has 3 nitrogen and oxygen atoms in total. The Morgan fingerprint density at radius 1 is 1.27 bits per heavy atom. The summed E-state index contributed by atoms with van der Waals surface area (Å²) in [5.74, 6) is 0. The molecule has 15 heavy (non-hydrogen) atoms. The van der Waals surface area contributed by atoms with E-state index in [2.05, 4.69) is 11.6 Å². The zero-order valence-corrected chi connectivity index (χ0v) is 9.97. The minimum atomic E-state index is -3.30. The van der Waals surface area contributed by atoms with Crippen LogP contribution in [0.15, 0.2) is 29.2 Å². The second-order valence-corrected chi connectivity index (χ2v) is 5.17. The highest BCUT2D eigenvalue weighted by Gasteiger charge is 2.12. The van der Waals surface area contributed by atoms with Gasteiger partial charge in [-0.05, 0) is 24.1 Å².